The lowest BCUT2D eigenvalue weighted by molar-refractivity contribution is -0.131. The minimum Gasteiger partial charge on any atom is -0.494 e. The van der Waals surface area contributed by atoms with Gasteiger partial charge in [-0.1, -0.05) is 29.8 Å². The molecule has 0 aromatic heterocycles. The fourth-order valence-corrected chi connectivity index (χ4v) is 3.76. The van der Waals surface area contributed by atoms with E-state index in [0.29, 0.717) is 32.7 Å². The lowest BCUT2D eigenvalue weighted by Gasteiger charge is -2.22. The van der Waals surface area contributed by atoms with Crippen LogP contribution < -0.4 is 4.74 Å². The Balaban J connectivity index is 1.39. The Morgan fingerprint density at radius 3 is 2.33 bits per heavy atom. The molecule has 5 heteroatoms. The van der Waals surface area contributed by atoms with E-state index in [-0.39, 0.29) is 11.8 Å². The van der Waals surface area contributed by atoms with Crippen molar-refractivity contribution in [3.8, 4) is 5.75 Å². The van der Waals surface area contributed by atoms with Gasteiger partial charge in [-0.15, -0.1) is 0 Å². The van der Waals surface area contributed by atoms with Crippen LogP contribution in [0.25, 0.3) is 0 Å². The standard InChI is InChI=1S/C25H32N2O3/c1-20-8-5-10-22(18-20)25(29)27-14-7-13-26(15-16-27)24(28)12-3-4-17-30-23-11-6-9-21(2)19-23/h5-6,8-11,18-19H,3-4,7,12-17H2,1-2H3. The summed E-state index contributed by atoms with van der Waals surface area (Å²) in [4.78, 5) is 29.2. The molecule has 0 atom stereocenters. The van der Waals surface area contributed by atoms with Gasteiger partial charge in [0.25, 0.3) is 5.91 Å². The van der Waals surface area contributed by atoms with Crippen LogP contribution in [0.15, 0.2) is 48.5 Å². The van der Waals surface area contributed by atoms with E-state index < -0.39 is 0 Å². The molecule has 2 aromatic rings. The molecule has 1 aliphatic heterocycles. The number of nitrogens with zero attached hydrogens (tertiary/aromatic N) is 2. The number of hydrogen-bond donors (Lipinski definition) is 0. The minimum absolute atomic E-state index is 0.0568. The topological polar surface area (TPSA) is 49.9 Å². The molecular weight excluding hydrogens is 376 g/mol. The van der Waals surface area contributed by atoms with E-state index in [1.165, 1.54) is 5.56 Å². The second-order valence-corrected chi connectivity index (χ2v) is 8.02. The molecule has 0 saturated carbocycles. The Hall–Kier alpha value is -2.82. The molecule has 1 fully saturated rings. The van der Waals surface area contributed by atoms with Crippen molar-refractivity contribution in [1.29, 1.82) is 0 Å². The van der Waals surface area contributed by atoms with Crippen molar-refractivity contribution >= 4 is 11.8 Å². The van der Waals surface area contributed by atoms with Gasteiger partial charge in [0, 0.05) is 38.2 Å². The highest BCUT2D eigenvalue weighted by Crippen LogP contribution is 2.14. The van der Waals surface area contributed by atoms with E-state index in [1.54, 1.807) is 0 Å². The smallest absolute Gasteiger partial charge is 0.253 e. The predicted octanol–water partition coefficient (Wildman–Crippen LogP) is 4.23. The molecule has 30 heavy (non-hydrogen) atoms. The average Bonchev–Trinajstić information content (AvgIpc) is 2.99. The summed E-state index contributed by atoms with van der Waals surface area (Å²) < 4.78 is 5.76. The number of benzene rings is 2. The van der Waals surface area contributed by atoms with Gasteiger partial charge in [0.15, 0.2) is 0 Å². The SMILES string of the molecule is Cc1cccc(OCCCCC(=O)N2CCCN(C(=O)c3cccc(C)c3)CC2)c1. The van der Waals surface area contributed by atoms with Crippen molar-refractivity contribution < 1.29 is 14.3 Å². The summed E-state index contributed by atoms with van der Waals surface area (Å²) in [5.74, 6) is 1.11. The zero-order valence-corrected chi connectivity index (χ0v) is 18.1. The molecule has 0 aliphatic carbocycles. The second kappa shape index (κ2) is 10.8. The Bertz CT molecular complexity index is 865. The minimum atomic E-state index is 0.0568. The van der Waals surface area contributed by atoms with Gasteiger partial charge >= 0.3 is 0 Å². The maximum Gasteiger partial charge on any atom is 0.253 e. The van der Waals surface area contributed by atoms with E-state index >= 15 is 0 Å². The number of unbranched alkanes of at least 4 members (excludes halogenated alkanes) is 1. The van der Waals surface area contributed by atoms with Crippen LogP contribution in [0.1, 0.15) is 47.2 Å². The summed E-state index contributed by atoms with van der Waals surface area (Å²) in [6.07, 6.45) is 3.02. The van der Waals surface area contributed by atoms with E-state index in [4.69, 9.17) is 4.74 Å². The molecule has 0 bridgehead atoms. The quantitative estimate of drug-likeness (QED) is 0.645. The average molecular weight is 409 g/mol. The monoisotopic (exact) mass is 408 g/mol. The van der Waals surface area contributed by atoms with Crippen LogP contribution >= 0.6 is 0 Å². The van der Waals surface area contributed by atoms with E-state index in [2.05, 4.69) is 0 Å². The molecule has 1 saturated heterocycles. The van der Waals surface area contributed by atoms with E-state index in [0.717, 1.165) is 42.7 Å². The molecule has 3 rings (SSSR count). The van der Waals surface area contributed by atoms with Crippen LogP contribution in [0.4, 0.5) is 0 Å². The zero-order valence-electron chi connectivity index (χ0n) is 18.1. The summed E-state index contributed by atoms with van der Waals surface area (Å²) in [6, 6.07) is 15.7. The molecule has 1 aliphatic rings. The van der Waals surface area contributed by atoms with Crippen molar-refractivity contribution in [3.63, 3.8) is 0 Å². The van der Waals surface area contributed by atoms with Crippen LogP contribution in [-0.2, 0) is 4.79 Å². The summed E-state index contributed by atoms with van der Waals surface area (Å²) in [6.45, 7) is 7.27. The predicted molar refractivity (Wildman–Crippen MR) is 119 cm³/mol. The summed E-state index contributed by atoms with van der Waals surface area (Å²) in [5, 5.41) is 0. The third-order valence-corrected chi connectivity index (χ3v) is 5.44. The number of carbonyl (C=O) groups excluding carboxylic acids is 2. The van der Waals surface area contributed by atoms with Crippen molar-refractivity contribution in [3.05, 3.63) is 65.2 Å². The molecule has 0 spiro atoms. The van der Waals surface area contributed by atoms with Crippen LogP contribution in [0, 0.1) is 13.8 Å². The molecule has 5 nitrogen and oxygen atoms in total. The van der Waals surface area contributed by atoms with Crippen LogP contribution in [-0.4, -0.2) is 54.4 Å². The largest absolute Gasteiger partial charge is 0.494 e. The summed E-state index contributed by atoms with van der Waals surface area (Å²) in [7, 11) is 0. The first-order chi connectivity index (χ1) is 14.5. The molecule has 0 radical (unpaired) electrons. The van der Waals surface area contributed by atoms with Gasteiger partial charge in [-0.05, 0) is 62.9 Å². The number of aryl methyl sites for hydroxylation is 2. The fourth-order valence-electron chi connectivity index (χ4n) is 3.76. The maximum absolute atomic E-state index is 12.8. The van der Waals surface area contributed by atoms with Gasteiger partial charge in [-0.25, -0.2) is 0 Å². The van der Waals surface area contributed by atoms with E-state index in [9.17, 15) is 9.59 Å². The molecule has 1 heterocycles. The molecule has 2 amide bonds. The summed E-state index contributed by atoms with van der Waals surface area (Å²) >= 11 is 0. The molecular formula is C25H32N2O3. The van der Waals surface area contributed by atoms with Gasteiger partial charge in [0.05, 0.1) is 6.61 Å². The van der Waals surface area contributed by atoms with Crippen LogP contribution in [0.2, 0.25) is 0 Å². The molecule has 2 aromatic carbocycles. The summed E-state index contributed by atoms with van der Waals surface area (Å²) in [5.41, 5.74) is 2.99. The molecule has 0 N–H and O–H groups in total. The van der Waals surface area contributed by atoms with Gasteiger partial charge < -0.3 is 14.5 Å². The Kier molecular flexibility index (Phi) is 7.89. The van der Waals surface area contributed by atoms with Gasteiger partial charge in [-0.2, -0.15) is 0 Å². The first-order valence-electron chi connectivity index (χ1n) is 10.9. The van der Waals surface area contributed by atoms with Crippen molar-refractivity contribution in [1.82, 2.24) is 9.80 Å². The molecule has 160 valence electrons. The third-order valence-electron chi connectivity index (χ3n) is 5.44. The number of hydrogen-bond acceptors (Lipinski definition) is 3. The Labute approximate surface area is 179 Å². The second-order valence-electron chi connectivity index (χ2n) is 8.02. The number of rotatable bonds is 7. The first kappa shape index (κ1) is 21.9. The van der Waals surface area contributed by atoms with Gasteiger partial charge in [0.2, 0.25) is 5.91 Å². The normalized spacial score (nSPS) is 14.3. The van der Waals surface area contributed by atoms with Gasteiger partial charge in [-0.3, -0.25) is 9.59 Å². The van der Waals surface area contributed by atoms with E-state index in [1.807, 2.05) is 72.2 Å². The highest BCUT2D eigenvalue weighted by Gasteiger charge is 2.22. The Morgan fingerprint density at radius 1 is 0.867 bits per heavy atom. The highest BCUT2D eigenvalue weighted by molar-refractivity contribution is 5.94. The Morgan fingerprint density at radius 2 is 1.57 bits per heavy atom. The van der Waals surface area contributed by atoms with Crippen LogP contribution in [0.3, 0.4) is 0 Å². The maximum atomic E-state index is 12.8. The molecule has 0 unspecified atom stereocenters. The van der Waals surface area contributed by atoms with Gasteiger partial charge in [0.1, 0.15) is 5.75 Å². The lowest BCUT2D eigenvalue weighted by atomic mass is 10.1. The first-order valence-corrected chi connectivity index (χ1v) is 10.9. The fraction of sp³-hybridized carbons (Fsp3) is 0.440. The highest BCUT2D eigenvalue weighted by atomic mass is 16.5. The van der Waals surface area contributed by atoms with Crippen molar-refractivity contribution in [2.45, 2.75) is 39.5 Å². The third kappa shape index (κ3) is 6.34. The number of ether oxygens (including phenoxy) is 1. The van der Waals surface area contributed by atoms with Crippen molar-refractivity contribution in [2.75, 3.05) is 32.8 Å². The zero-order chi connectivity index (χ0) is 21.3. The lowest BCUT2D eigenvalue weighted by Crippen LogP contribution is -2.37. The van der Waals surface area contributed by atoms with Crippen molar-refractivity contribution in [2.24, 2.45) is 0 Å². The number of carbonyl (C=O) groups is 2. The van der Waals surface area contributed by atoms with Crippen LogP contribution in [0.5, 0.6) is 5.75 Å². The number of amides is 2.